The molecule has 27 heavy (non-hydrogen) atoms. The number of nitrogens with zero attached hydrogens (tertiary/aromatic N) is 1. The maximum absolute atomic E-state index is 12.6. The molecule has 1 atom stereocenters. The number of hydrogen-bond donors (Lipinski definition) is 2. The number of thiophene rings is 1. The number of aromatic nitrogens is 2. The number of aromatic amines is 1. The Morgan fingerprint density at radius 1 is 1.44 bits per heavy atom. The van der Waals surface area contributed by atoms with Gasteiger partial charge in [-0.05, 0) is 55.4 Å². The second-order valence-corrected chi connectivity index (χ2v) is 9.16. The quantitative estimate of drug-likeness (QED) is 0.510. The largest absolute Gasteiger partial charge is 0.325 e. The fourth-order valence-corrected chi connectivity index (χ4v) is 5.55. The van der Waals surface area contributed by atoms with E-state index in [1.54, 1.807) is 11.3 Å². The van der Waals surface area contributed by atoms with Crippen molar-refractivity contribution in [1.82, 2.24) is 9.97 Å². The summed E-state index contributed by atoms with van der Waals surface area (Å²) in [6.45, 7) is 4.23. The highest BCUT2D eigenvalue weighted by Gasteiger charge is 2.23. The van der Waals surface area contributed by atoms with Gasteiger partial charge >= 0.3 is 0 Å². The number of rotatable bonds is 4. The van der Waals surface area contributed by atoms with Gasteiger partial charge in [0, 0.05) is 10.6 Å². The van der Waals surface area contributed by atoms with Crippen molar-refractivity contribution in [2.24, 2.45) is 5.92 Å². The molecule has 0 aliphatic heterocycles. The van der Waals surface area contributed by atoms with Crippen LogP contribution in [-0.4, -0.2) is 21.6 Å². The van der Waals surface area contributed by atoms with Crippen molar-refractivity contribution in [3.63, 3.8) is 0 Å². The summed E-state index contributed by atoms with van der Waals surface area (Å²) in [7, 11) is 0. The van der Waals surface area contributed by atoms with Gasteiger partial charge in [-0.3, -0.25) is 9.59 Å². The summed E-state index contributed by atoms with van der Waals surface area (Å²) in [5.74, 6) is 0.737. The Hall–Kier alpha value is -2.12. The van der Waals surface area contributed by atoms with Crippen molar-refractivity contribution < 1.29 is 4.79 Å². The Morgan fingerprint density at radius 2 is 2.30 bits per heavy atom. The fraction of sp³-hybridized carbons (Fsp3) is 0.350. The predicted molar refractivity (Wildman–Crippen MR) is 112 cm³/mol. The van der Waals surface area contributed by atoms with E-state index in [2.05, 4.69) is 22.2 Å². The topological polar surface area (TPSA) is 74.8 Å². The normalized spacial score (nSPS) is 16.3. The third-order valence-corrected chi connectivity index (χ3v) is 6.81. The first-order chi connectivity index (χ1) is 13.0. The molecule has 2 aromatic heterocycles. The Kier molecular flexibility index (Phi) is 5.06. The van der Waals surface area contributed by atoms with Crippen LogP contribution in [0.3, 0.4) is 0 Å². The van der Waals surface area contributed by atoms with E-state index in [9.17, 15) is 9.59 Å². The minimum atomic E-state index is -0.118. The first-order valence-electron chi connectivity index (χ1n) is 9.03. The summed E-state index contributed by atoms with van der Waals surface area (Å²) in [6, 6.07) is 7.67. The van der Waals surface area contributed by atoms with E-state index in [1.807, 2.05) is 31.2 Å². The van der Waals surface area contributed by atoms with Crippen molar-refractivity contribution in [3.05, 3.63) is 50.6 Å². The summed E-state index contributed by atoms with van der Waals surface area (Å²) in [4.78, 5) is 34.3. The van der Waals surface area contributed by atoms with Gasteiger partial charge in [-0.2, -0.15) is 0 Å². The van der Waals surface area contributed by atoms with E-state index in [4.69, 9.17) is 0 Å². The van der Waals surface area contributed by atoms with Crippen LogP contribution in [0.15, 0.2) is 34.2 Å². The molecule has 0 fully saturated rings. The van der Waals surface area contributed by atoms with E-state index in [1.165, 1.54) is 22.2 Å². The minimum absolute atomic E-state index is 0.0892. The molecule has 0 unspecified atom stereocenters. The van der Waals surface area contributed by atoms with Crippen LogP contribution in [0.1, 0.15) is 29.3 Å². The summed E-state index contributed by atoms with van der Waals surface area (Å²) < 4.78 is 0. The van der Waals surface area contributed by atoms with Gasteiger partial charge in [-0.1, -0.05) is 30.8 Å². The van der Waals surface area contributed by atoms with Crippen LogP contribution in [0.2, 0.25) is 0 Å². The zero-order chi connectivity index (χ0) is 19.0. The lowest BCUT2D eigenvalue weighted by Gasteiger charge is -2.17. The molecule has 7 heteroatoms. The van der Waals surface area contributed by atoms with Gasteiger partial charge in [0.25, 0.3) is 5.56 Å². The lowest BCUT2D eigenvalue weighted by molar-refractivity contribution is -0.113. The van der Waals surface area contributed by atoms with Crippen molar-refractivity contribution in [1.29, 1.82) is 0 Å². The molecule has 1 aliphatic rings. The number of carbonyl (C=O) groups excluding carboxylic acids is 1. The molecule has 0 saturated carbocycles. The second kappa shape index (κ2) is 7.48. The molecule has 1 aromatic carbocycles. The van der Waals surface area contributed by atoms with Crippen LogP contribution >= 0.6 is 23.1 Å². The molecule has 5 nitrogen and oxygen atoms in total. The summed E-state index contributed by atoms with van der Waals surface area (Å²) in [5, 5.41) is 4.12. The van der Waals surface area contributed by atoms with Gasteiger partial charge < -0.3 is 10.3 Å². The SMILES string of the molecule is Cc1cccc(NC(=O)CSc2nc3sc4c(c3c(=O)[nH]2)CC[C@H](C)C4)c1. The Balaban J connectivity index is 1.49. The van der Waals surface area contributed by atoms with Gasteiger partial charge in [0.05, 0.1) is 11.1 Å². The van der Waals surface area contributed by atoms with E-state index in [0.29, 0.717) is 11.1 Å². The van der Waals surface area contributed by atoms with Crippen molar-refractivity contribution in [2.75, 3.05) is 11.1 Å². The third-order valence-electron chi connectivity index (χ3n) is 4.79. The number of nitrogens with one attached hydrogen (secondary N) is 2. The number of anilines is 1. The molecular formula is C20H21N3O2S2. The molecule has 4 rings (SSSR count). The Morgan fingerprint density at radius 3 is 3.11 bits per heavy atom. The van der Waals surface area contributed by atoms with Crippen LogP contribution in [-0.2, 0) is 17.6 Å². The van der Waals surface area contributed by atoms with E-state index >= 15 is 0 Å². The summed E-state index contributed by atoms with van der Waals surface area (Å²) >= 11 is 2.88. The highest BCUT2D eigenvalue weighted by atomic mass is 32.2. The number of hydrogen-bond acceptors (Lipinski definition) is 5. The number of amides is 1. The summed E-state index contributed by atoms with van der Waals surface area (Å²) in [6.07, 6.45) is 3.09. The Labute approximate surface area is 165 Å². The van der Waals surface area contributed by atoms with E-state index < -0.39 is 0 Å². The van der Waals surface area contributed by atoms with Gasteiger partial charge in [-0.15, -0.1) is 11.3 Å². The predicted octanol–water partition coefficient (Wildman–Crippen LogP) is 4.15. The zero-order valence-corrected chi connectivity index (χ0v) is 16.9. The van der Waals surface area contributed by atoms with Crippen molar-refractivity contribution >= 4 is 44.9 Å². The molecule has 2 heterocycles. The molecular weight excluding hydrogens is 378 g/mol. The molecule has 0 bridgehead atoms. The number of H-pyrrole nitrogens is 1. The molecule has 140 valence electrons. The number of benzene rings is 1. The van der Waals surface area contributed by atoms with Crippen LogP contribution in [0.4, 0.5) is 5.69 Å². The maximum atomic E-state index is 12.6. The maximum Gasteiger partial charge on any atom is 0.260 e. The molecule has 2 N–H and O–H groups in total. The molecule has 1 aliphatic carbocycles. The van der Waals surface area contributed by atoms with Crippen molar-refractivity contribution in [3.8, 4) is 0 Å². The second-order valence-electron chi connectivity index (χ2n) is 7.11. The van der Waals surface area contributed by atoms with Crippen LogP contribution in [0.5, 0.6) is 0 Å². The standard InChI is InChI=1S/C20H21N3O2S2/c1-11-4-3-5-13(8-11)21-16(24)10-26-20-22-18(25)17-14-7-6-12(2)9-15(14)27-19(17)23-20/h3-5,8,12H,6-7,9-10H2,1-2H3,(H,21,24)(H,22,23,25)/t12-/m0/s1. The lowest BCUT2D eigenvalue weighted by Crippen LogP contribution is -2.16. The molecule has 0 spiro atoms. The summed E-state index contributed by atoms with van der Waals surface area (Å²) in [5.41, 5.74) is 2.95. The van der Waals surface area contributed by atoms with E-state index in [0.717, 1.165) is 40.7 Å². The number of carbonyl (C=O) groups is 1. The fourth-order valence-electron chi connectivity index (χ4n) is 3.45. The van der Waals surface area contributed by atoms with Gasteiger partial charge in [-0.25, -0.2) is 4.98 Å². The number of thioether (sulfide) groups is 1. The molecule has 0 saturated heterocycles. The average Bonchev–Trinajstić information content (AvgIpc) is 2.97. The van der Waals surface area contributed by atoms with Crippen LogP contribution < -0.4 is 10.9 Å². The first-order valence-corrected chi connectivity index (χ1v) is 10.8. The molecule has 0 radical (unpaired) electrons. The van der Waals surface area contributed by atoms with Crippen LogP contribution in [0, 0.1) is 12.8 Å². The zero-order valence-electron chi connectivity index (χ0n) is 15.3. The highest BCUT2D eigenvalue weighted by molar-refractivity contribution is 7.99. The van der Waals surface area contributed by atoms with Gasteiger partial charge in [0.15, 0.2) is 5.16 Å². The molecule has 3 aromatic rings. The monoisotopic (exact) mass is 399 g/mol. The number of aryl methyl sites for hydroxylation is 2. The number of fused-ring (bicyclic) bond motifs is 3. The van der Waals surface area contributed by atoms with Crippen LogP contribution in [0.25, 0.3) is 10.2 Å². The van der Waals surface area contributed by atoms with Crippen molar-refractivity contribution in [2.45, 2.75) is 38.3 Å². The highest BCUT2D eigenvalue weighted by Crippen LogP contribution is 2.36. The van der Waals surface area contributed by atoms with Gasteiger partial charge in [0.2, 0.25) is 5.91 Å². The Bertz CT molecular complexity index is 1070. The first kappa shape index (κ1) is 18.3. The molecule has 1 amide bonds. The minimum Gasteiger partial charge on any atom is -0.325 e. The smallest absolute Gasteiger partial charge is 0.260 e. The van der Waals surface area contributed by atoms with E-state index in [-0.39, 0.29) is 17.2 Å². The lowest BCUT2D eigenvalue weighted by atomic mass is 9.89. The third kappa shape index (κ3) is 3.94. The van der Waals surface area contributed by atoms with Gasteiger partial charge in [0.1, 0.15) is 4.83 Å². The average molecular weight is 400 g/mol.